The first kappa shape index (κ1) is 14.8. The van der Waals surface area contributed by atoms with E-state index in [-0.39, 0.29) is 0 Å². The summed E-state index contributed by atoms with van der Waals surface area (Å²) < 4.78 is 7.93. The molecular formula is C15H14BrIO2. The van der Waals surface area contributed by atoms with Gasteiger partial charge < -0.3 is 9.84 Å². The Morgan fingerprint density at radius 3 is 2.53 bits per heavy atom. The summed E-state index contributed by atoms with van der Waals surface area (Å²) in [5, 5.41) is 9.76. The fourth-order valence-electron chi connectivity index (χ4n) is 1.72. The Bertz CT molecular complexity index is 553. The molecule has 0 aliphatic rings. The van der Waals surface area contributed by atoms with Gasteiger partial charge in [0.1, 0.15) is 12.4 Å². The highest BCUT2D eigenvalue weighted by atomic mass is 127. The summed E-state index contributed by atoms with van der Waals surface area (Å²) in [7, 11) is 0. The lowest BCUT2D eigenvalue weighted by atomic mass is 10.1. The molecule has 0 saturated heterocycles. The van der Waals surface area contributed by atoms with Crippen molar-refractivity contribution in [1.29, 1.82) is 0 Å². The maximum atomic E-state index is 9.76. The first-order valence-electron chi connectivity index (χ1n) is 5.91. The van der Waals surface area contributed by atoms with E-state index in [4.69, 9.17) is 4.74 Å². The van der Waals surface area contributed by atoms with Crippen molar-refractivity contribution >= 4 is 38.5 Å². The van der Waals surface area contributed by atoms with Crippen molar-refractivity contribution < 1.29 is 9.84 Å². The summed E-state index contributed by atoms with van der Waals surface area (Å²) in [6.45, 7) is 2.23. The van der Waals surface area contributed by atoms with Crippen molar-refractivity contribution in [2.45, 2.75) is 19.6 Å². The average Bonchev–Trinajstić information content (AvgIpc) is 2.39. The predicted octanol–water partition coefficient (Wildman–Crippen LogP) is 4.69. The molecule has 0 aliphatic carbocycles. The number of rotatable bonds is 4. The predicted molar refractivity (Wildman–Crippen MR) is 88.3 cm³/mol. The maximum Gasteiger partial charge on any atom is 0.125 e. The Morgan fingerprint density at radius 1 is 1.21 bits per heavy atom. The van der Waals surface area contributed by atoms with Crippen molar-refractivity contribution in [2.24, 2.45) is 0 Å². The summed E-state index contributed by atoms with van der Waals surface area (Å²) in [5.74, 6) is 0.719. The van der Waals surface area contributed by atoms with Crippen molar-refractivity contribution in [2.75, 3.05) is 0 Å². The Labute approximate surface area is 135 Å². The fourth-order valence-corrected chi connectivity index (χ4v) is 2.46. The van der Waals surface area contributed by atoms with Crippen LogP contribution in [0.25, 0.3) is 0 Å². The van der Waals surface area contributed by atoms with Gasteiger partial charge in [-0.1, -0.05) is 28.1 Å². The lowest BCUT2D eigenvalue weighted by Gasteiger charge is -2.14. The number of hydrogen-bond donors (Lipinski definition) is 1. The maximum absolute atomic E-state index is 9.76. The lowest BCUT2D eigenvalue weighted by molar-refractivity contribution is 0.190. The van der Waals surface area contributed by atoms with Gasteiger partial charge in [0.2, 0.25) is 0 Å². The molecule has 0 radical (unpaired) electrons. The highest BCUT2D eigenvalue weighted by molar-refractivity contribution is 14.1. The molecule has 0 unspecified atom stereocenters. The third-order valence-electron chi connectivity index (χ3n) is 2.73. The smallest absolute Gasteiger partial charge is 0.125 e. The second kappa shape index (κ2) is 6.72. The number of aliphatic hydroxyl groups excluding tert-OH is 1. The molecule has 19 heavy (non-hydrogen) atoms. The summed E-state index contributed by atoms with van der Waals surface area (Å²) in [6, 6.07) is 13.9. The van der Waals surface area contributed by atoms with Gasteiger partial charge in [0.05, 0.1) is 6.10 Å². The van der Waals surface area contributed by atoms with E-state index in [9.17, 15) is 5.11 Å². The SMILES string of the molecule is C[C@H](O)c1cc(Br)ccc1OCc1ccc(I)cc1. The molecule has 100 valence electrons. The first-order chi connectivity index (χ1) is 9.06. The van der Waals surface area contributed by atoms with Crippen LogP contribution in [0.2, 0.25) is 0 Å². The second-order valence-corrected chi connectivity index (χ2v) is 6.43. The largest absolute Gasteiger partial charge is 0.489 e. The fraction of sp³-hybridized carbons (Fsp3) is 0.200. The Balaban J connectivity index is 2.13. The molecule has 0 amide bonds. The van der Waals surface area contributed by atoms with E-state index in [1.165, 1.54) is 3.57 Å². The van der Waals surface area contributed by atoms with Crippen LogP contribution in [0.1, 0.15) is 24.2 Å². The molecule has 0 saturated carbocycles. The van der Waals surface area contributed by atoms with E-state index in [0.29, 0.717) is 6.61 Å². The molecule has 1 N–H and O–H groups in total. The van der Waals surface area contributed by atoms with Crippen molar-refractivity contribution in [3.63, 3.8) is 0 Å². The van der Waals surface area contributed by atoms with E-state index < -0.39 is 6.10 Å². The molecule has 0 bridgehead atoms. The van der Waals surface area contributed by atoms with Crippen molar-refractivity contribution in [3.8, 4) is 5.75 Å². The molecule has 0 spiro atoms. The first-order valence-corrected chi connectivity index (χ1v) is 7.78. The lowest BCUT2D eigenvalue weighted by Crippen LogP contribution is -2.01. The van der Waals surface area contributed by atoms with Crippen LogP contribution in [0.4, 0.5) is 0 Å². The number of ether oxygens (including phenoxy) is 1. The molecule has 4 heteroatoms. The Morgan fingerprint density at radius 2 is 1.89 bits per heavy atom. The van der Waals surface area contributed by atoms with Crippen LogP contribution in [0.3, 0.4) is 0 Å². The Kier molecular flexibility index (Phi) is 5.24. The van der Waals surface area contributed by atoms with E-state index in [1.54, 1.807) is 6.92 Å². The van der Waals surface area contributed by atoms with Gasteiger partial charge in [-0.25, -0.2) is 0 Å². The highest BCUT2D eigenvalue weighted by Crippen LogP contribution is 2.29. The van der Waals surface area contributed by atoms with Gasteiger partial charge >= 0.3 is 0 Å². The molecule has 2 aromatic carbocycles. The molecule has 0 fully saturated rings. The molecule has 2 nitrogen and oxygen atoms in total. The van der Waals surface area contributed by atoms with E-state index in [2.05, 4.69) is 50.7 Å². The van der Waals surface area contributed by atoms with Gasteiger partial charge in [-0.3, -0.25) is 0 Å². The van der Waals surface area contributed by atoms with E-state index >= 15 is 0 Å². The summed E-state index contributed by atoms with van der Waals surface area (Å²) in [6.07, 6.45) is -0.552. The average molecular weight is 433 g/mol. The minimum Gasteiger partial charge on any atom is -0.489 e. The monoisotopic (exact) mass is 432 g/mol. The normalized spacial score (nSPS) is 12.2. The van der Waals surface area contributed by atoms with Crippen LogP contribution in [-0.4, -0.2) is 5.11 Å². The van der Waals surface area contributed by atoms with Gasteiger partial charge in [-0.2, -0.15) is 0 Å². The van der Waals surface area contributed by atoms with Crippen molar-refractivity contribution in [3.05, 3.63) is 61.6 Å². The van der Waals surface area contributed by atoms with E-state index in [0.717, 1.165) is 21.3 Å². The Hall–Kier alpha value is -0.590. The van der Waals surface area contributed by atoms with Crippen LogP contribution in [0.5, 0.6) is 5.75 Å². The van der Waals surface area contributed by atoms with Gasteiger partial charge in [-0.15, -0.1) is 0 Å². The van der Waals surface area contributed by atoms with Gasteiger partial charge in [0.25, 0.3) is 0 Å². The third-order valence-corrected chi connectivity index (χ3v) is 3.94. The van der Waals surface area contributed by atoms with Crippen LogP contribution in [0, 0.1) is 3.57 Å². The van der Waals surface area contributed by atoms with Crippen LogP contribution >= 0.6 is 38.5 Å². The van der Waals surface area contributed by atoms with Gasteiger partial charge in [0.15, 0.2) is 0 Å². The minimum absolute atomic E-state index is 0.498. The quantitative estimate of drug-likeness (QED) is 0.710. The van der Waals surface area contributed by atoms with Gasteiger partial charge in [0, 0.05) is 13.6 Å². The molecule has 0 heterocycles. The number of benzene rings is 2. The zero-order valence-corrected chi connectivity index (χ0v) is 14.2. The number of aliphatic hydroxyl groups is 1. The van der Waals surface area contributed by atoms with Crippen LogP contribution in [-0.2, 0) is 6.61 Å². The summed E-state index contributed by atoms with van der Waals surface area (Å²) >= 11 is 5.68. The standard InChI is InChI=1S/C15H14BrIO2/c1-10(18)14-8-12(16)4-7-15(14)19-9-11-2-5-13(17)6-3-11/h2-8,10,18H,9H2,1H3/t10-/m0/s1. The third kappa shape index (κ3) is 4.19. The molecular weight excluding hydrogens is 419 g/mol. The van der Waals surface area contributed by atoms with E-state index in [1.807, 2.05) is 30.3 Å². The second-order valence-electron chi connectivity index (χ2n) is 4.27. The number of hydrogen-bond acceptors (Lipinski definition) is 2. The molecule has 2 rings (SSSR count). The van der Waals surface area contributed by atoms with Crippen molar-refractivity contribution in [1.82, 2.24) is 0 Å². The minimum atomic E-state index is -0.552. The molecule has 0 aromatic heterocycles. The molecule has 1 atom stereocenters. The summed E-state index contributed by atoms with van der Waals surface area (Å²) in [4.78, 5) is 0. The number of halogens is 2. The molecule has 0 aliphatic heterocycles. The van der Waals surface area contributed by atoms with Gasteiger partial charge in [-0.05, 0) is 65.4 Å². The molecule has 2 aromatic rings. The zero-order chi connectivity index (χ0) is 13.8. The zero-order valence-electron chi connectivity index (χ0n) is 10.4. The van der Waals surface area contributed by atoms with Crippen LogP contribution < -0.4 is 4.74 Å². The van der Waals surface area contributed by atoms with Crippen LogP contribution in [0.15, 0.2) is 46.9 Å². The topological polar surface area (TPSA) is 29.5 Å². The summed E-state index contributed by atoms with van der Waals surface area (Å²) in [5.41, 5.74) is 1.90. The highest BCUT2D eigenvalue weighted by Gasteiger charge is 2.10.